The molecule has 2 atom stereocenters. The van der Waals surface area contributed by atoms with E-state index in [1.165, 1.54) is 37.3 Å². The molecule has 1 aliphatic heterocycles. The van der Waals surface area contributed by atoms with Crippen molar-refractivity contribution in [3.63, 3.8) is 0 Å². The highest BCUT2D eigenvalue weighted by molar-refractivity contribution is 5.57. The highest BCUT2D eigenvalue weighted by Gasteiger charge is 2.39. The van der Waals surface area contributed by atoms with Gasteiger partial charge in [0.1, 0.15) is 5.65 Å². The number of aromatic nitrogens is 2. The lowest BCUT2D eigenvalue weighted by atomic mass is 10.1. The molecule has 1 saturated carbocycles. The topological polar surface area (TPSA) is 32.6 Å². The Labute approximate surface area is 119 Å². The third-order valence-corrected chi connectivity index (χ3v) is 4.83. The number of hydrogen-bond donors (Lipinski definition) is 1. The monoisotopic (exact) mass is 270 g/mol. The normalized spacial score (nSPS) is 24.9. The standard InChI is InChI=1S/C16H22N4/c1-2-17-10-14-16(18-15-5-3-4-8-19(14)15)20-11-12-6-7-13(20)9-12/h3-5,8,12-13,17H,2,6-7,9-11H2,1H3. The minimum absolute atomic E-state index is 0.727. The molecular weight excluding hydrogens is 248 g/mol. The number of hydrogen-bond acceptors (Lipinski definition) is 3. The summed E-state index contributed by atoms with van der Waals surface area (Å²) in [6, 6.07) is 6.99. The Morgan fingerprint density at radius 2 is 2.30 bits per heavy atom. The quantitative estimate of drug-likeness (QED) is 0.926. The number of piperidine rings is 1. The fourth-order valence-electron chi connectivity index (χ4n) is 3.86. The third-order valence-electron chi connectivity index (χ3n) is 4.83. The molecule has 2 aromatic heterocycles. The van der Waals surface area contributed by atoms with E-state index in [1.54, 1.807) is 0 Å². The molecule has 4 rings (SSSR count). The van der Waals surface area contributed by atoms with Crippen molar-refractivity contribution in [1.29, 1.82) is 0 Å². The van der Waals surface area contributed by atoms with Crippen LogP contribution in [-0.4, -0.2) is 28.5 Å². The number of fused-ring (bicyclic) bond motifs is 3. The number of nitrogens with zero attached hydrogens (tertiary/aromatic N) is 3. The minimum Gasteiger partial charge on any atom is -0.352 e. The van der Waals surface area contributed by atoms with Gasteiger partial charge in [-0.15, -0.1) is 0 Å². The van der Waals surface area contributed by atoms with Crippen LogP contribution in [0.2, 0.25) is 0 Å². The van der Waals surface area contributed by atoms with Gasteiger partial charge in [-0.25, -0.2) is 4.98 Å². The fourth-order valence-corrected chi connectivity index (χ4v) is 3.86. The third kappa shape index (κ3) is 1.82. The molecule has 0 spiro atoms. The van der Waals surface area contributed by atoms with Crippen LogP contribution in [-0.2, 0) is 6.54 Å². The zero-order valence-electron chi connectivity index (χ0n) is 12.0. The average molecular weight is 270 g/mol. The summed E-state index contributed by atoms with van der Waals surface area (Å²) in [5.74, 6) is 2.11. The van der Waals surface area contributed by atoms with E-state index in [4.69, 9.17) is 4.98 Å². The van der Waals surface area contributed by atoms with Gasteiger partial charge in [-0.05, 0) is 43.9 Å². The van der Waals surface area contributed by atoms with Crippen molar-refractivity contribution in [1.82, 2.24) is 14.7 Å². The molecule has 4 heteroatoms. The number of imidazole rings is 1. The van der Waals surface area contributed by atoms with Gasteiger partial charge < -0.3 is 14.6 Å². The van der Waals surface area contributed by atoms with Crippen LogP contribution >= 0.6 is 0 Å². The van der Waals surface area contributed by atoms with Crippen molar-refractivity contribution in [3.05, 3.63) is 30.1 Å². The zero-order chi connectivity index (χ0) is 13.5. The van der Waals surface area contributed by atoms with Crippen LogP contribution in [0.3, 0.4) is 0 Å². The largest absolute Gasteiger partial charge is 0.352 e. The molecule has 2 bridgehead atoms. The van der Waals surface area contributed by atoms with Gasteiger partial charge in [0.2, 0.25) is 0 Å². The second-order valence-corrected chi connectivity index (χ2v) is 6.08. The molecule has 2 unspecified atom stereocenters. The molecule has 0 aromatic carbocycles. The van der Waals surface area contributed by atoms with Crippen molar-refractivity contribution in [3.8, 4) is 0 Å². The fraction of sp³-hybridized carbons (Fsp3) is 0.562. The summed E-state index contributed by atoms with van der Waals surface area (Å²) in [5, 5.41) is 3.46. The minimum atomic E-state index is 0.727. The Balaban J connectivity index is 1.77. The second kappa shape index (κ2) is 4.77. The molecule has 4 nitrogen and oxygen atoms in total. The Bertz CT molecular complexity index is 618. The lowest BCUT2D eigenvalue weighted by Gasteiger charge is -2.28. The molecule has 20 heavy (non-hydrogen) atoms. The van der Waals surface area contributed by atoms with Gasteiger partial charge in [-0.2, -0.15) is 0 Å². The zero-order valence-corrected chi connectivity index (χ0v) is 12.0. The van der Waals surface area contributed by atoms with E-state index >= 15 is 0 Å². The lowest BCUT2D eigenvalue weighted by Crippen LogP contribution is -2.33. The van der Waals surface area contributed by atoms with Crippen LogP contribution in [0.5, 0.6) is 0 Å². The van der Waals surface area contributed by atoms with Crippen molar-refractivity contribution in [2.75, 3.05) is 18.0 Å². The summed E-state index contributed by atoms with van der Waals surface area (Å²) < 4.78 is 2.24. The molecule has 1 N–H and O–H groups in total. The smallest absolute Gasteiger partial charge is 0.152 e. The first-order valence-corrected chi connectivity index (χ1v) is 7.80. The van der Waals surface area contributed by atoms with E-state index in [9.17, 15) is 0 Å². The maximum absolute atomic E-state index is 4.92. The van der Waals surface area contributed by atoms with Crippen LogP contribution in [0.4, 0.5) is 5.82 Å². The summed E-state index contributed by atoms with van der Waals surface area (Å²) in [6.45, 7) is 5.24. The van der Waals surface area contributed by atoms with E-state index < -0.39 is 0 Å². The molecule has 2 aromatic rings. The van der Waals surface area contributed by atoms with Gasteiger partial charge in [-0.3, -0.25) is 0 Å². The average Bonchev–Trinajstić information content (AvgIpc) is 3.18. The lowest BCUT2D eigenvalue weighted by molar-refractivity contribution is 0.548. The van der Waals surface area contributed by atoms with Crippen LogP contribution in [0.15, 0.2) is 24.4 Å². The summed E-state index contributed by atoms with van der Waals surface area (Å²) in [6.07, 6.45) is 6.26. The van der Waals surface area contributed by atoms with E-state index in [-0.39, 0.29) is 0 Å². The molecule has 0 amide bonds. The molecular formula is C16H22N4. The highest BCUT2D eigenvalue weighted by Crippen LogP contribution is 2.41. The predicted molar refractivity (Wildman–Crippen MR) is 81.0 cm³/mol. The predicted octanol–water partition coefficient (Wildman–Crippen LogP) is 2.43. The van der Waals surface area contributed by atoms with Crippen LogP contribution in [0.1, 0.15) is 31.9 Å². The summed E-state index contributed by atoms with van der Waals surface area (Å²) in [5.41, 5.74) is 2.38. The Kier molecular flexibility index (Phi) is 2.91. The highest BCUT2D eigenvalue weighted by atomic mass is 15.3. The molecule has 3 heterocycles. The van der Waals surface area contributed by atoms with Crippen LogP contribution < -0.4 is 10.2 Å². The molecule has 0 radical (unpaired) electrons. The van der Waals surface area contributed by atoms with Crippen molar-refractivity contribution in [2.45, 2.75) is 38.8 Å². The Morgan fingerprint density at radius 1 is 1.35 bits per heavy atom. The van der Waals surface area contributed by atoms with Gasteiger partial charge in [0.05, 0.1) is 5.69 Å². The van der Waals surface area contributed by atoms with E-state index in [1.807, 2.05) is 0 Å². The Hall–Kier alpha value is -1.55. The first-order chi connectivity index (χ1) is 9.86. The first kappa shape index (κ1) is 12.2. The van der Waals surface area contributed by atoms with Gasteiger partial charge >= 0.3 is 0 Å². The van der Waals surface area contributed by atoms with E-state index in [0.717, 1.165) is 30.7 Å². The van der Waals surface area contributed by atoms with E-state index in [0.29, 0.717) is 0 Å². The molecule has 1 aliphatic carbocycles. The van der Waals surface area contributed by atoms with Crippen LogP contribution in [0.25, 0.3) is 5.65 Å². The summed E-state index contributed by atoms with van der Waals surface area (Å²) in [7, 11) is 0. The maximum Gasteiger partial charge on any atom is 0.152 e. The second-order valence-electron chi connectivity index (χ2n) is 6.08. The van der Waals surface area contributed by atoms with Crippen molar-refractivity contribution < 1.29 is 0 Å². The van der Waals surface area contributed by atoms with Crippen LogP contribution in [0, 0.1) is 5.92 Å². The first-order valence-electron chi connectivity index (χ1n) is 7.80. The summed E-state index contributed by atoms with van der Waals surface area (Å²) >= 11 is 0. The number of rotatable bonds is 4. The van der Waals surface area contributed by atoms with Crippen molar-refractivity contribution in [2.24, 2.45) is 5.92 Å². The van der Waals surface area contributed by atoms with Crippen molar-refractivity contribution >= 4 is 11.5 Å². The SMILES string of the molecule is CCNCc1c(N2CC3CCC2C3)nc2ccccn12. The molecule has 106 valence electrons. The Morgan fingerprint density at radius 3 is 3.05 bits per heavy atom. The molecule has 1 saturated heterocycles. The van der Waals surface area contributed by atoms with Gasteiger partial charge in [-0.1, -0.05) is 13.0 Å². The number of pyridine rings is 1. The molecule has 2 aliphatic rings. The van der Waals surface area contributed by atoms with E-state index in [2.05, 4.69) is 45.9 Å². The van der Waals surface area contributed by atoms with Gasteiger partial charge in [0.25, 0.3) is 0 Å². The summed E-state index contributed by atoms with van der Waals surface area (Å²) in [4.78, 5) is 7.48. The number of anilines is 1. The van der Waals surface area contributed by atoms with Gasteiger partial charge in [0, 0.05) is 25.3 Å². The van der Waals surface area contributed by atoms with Gasteiger partial charge in [0.15, 0.2) is 5.82 Å². The molecule has 2 fully saturated rings. The maximum atomic E-state index is 4.92. The number of nitrogens with one attached hydrogen (secondary N) is 1.